The predicted octanol–water partition coefficient (Wildman–Crippen LogP) is 4.54. The maximum absolute atomic E-state index is 14.3. The summed E-state index contributed by atoms with van der Waals surface area (Å²) in [5.74, 6) is 0.389. The Kier molecular flexibility index (Phi) is 5.30. The molecule has 2 aromatic carbocycles. The predicted molar refractivity (Wildman–Crippen MR) is 87.7 cm³/mol. The van der Waals surface area contributed by atoms with Crippen molar-refractivity contribution in [2.24, 2.45) is 0 Å². The number of hydrogen-bond donors (Lipinski definition) is 1. The number of nitrogens with zero attached hydrogens (tertiary/aromatic N) is 1. The number of halogens is 2. The van der Waals surface area contributed by atoms with Crippen LogP contribution in [-0.2, 0) is 0 Å². The molecule has 120 valence electrons. The summed E-state index contributed by atoms with van der Waals surface area (Å²) in [5, 5.41) is 12.4. The summed E-state index contributed by atoms with van der Waals surface area (Å²) in [4.78, 5) is 0. The van der Waals surface area contributed by atoms with Crippen LogP contribution in [0.3, 0.4) is 0 Å². The first-order valence-corrected chi connectivity index (χ1v) is 7.25. The van der Waals surface area contributed by atoms with Gasteiger partial charge in [0.15, 0.2) is 11.5 Å². The molecule has 0 heterocycles. The fourth-order valence-corrected chi connectivity index (χ4v) is 2.45. The number of rotatable bonds is 5. The van der Waals surface area contributed by atoms with Gasteiger partial charge < -0.3 is 14.8 Å². The molecule has 0 amide bonds. The van der Waals surface area contributed by atoms with Gasteiger partial charge in [-0.2, -0.15) is 5.26 Å². The average Bonchev–Trinajstić information content (AvgIpc) is 2.54. The lowest BCUT2D eigenvalue weighted by Gasteiger charge is -2.18. The van der Waals surface area contributed by atoms with E-state index in [4.69, 9.17) is 26.3 Å². The van der Waals surface area contributed by atoms with E-state index in [1.165, 1.54) is 20.3 Å². The van der Waals surface area contributed by atoms with E-state index < -0.39 is 5.82 Å². The lowest BCUT2D eigenvalue weighted by molar-refractivity contribution is 0.351. The molecule has 0 saturated carbocycles. The lowest BCUT2D eigenvalue weighted by Crippen LogP contribution is -2.09. The normalized spacial score (nSPS) is 11.5. The minimum Gasteiger partial charge on any atom is -0.493 e. The SMILES string of the molecule is COc1cc(F)c(C(C)Nc2ccc(C#N)c(Cl)c2)cc1OC. The molecule has 1 atom stereocenters. The Morgan fingerprint density at radius 3 is 2.39 bits per heavy atom. The van der Waals surface area contributed by atoms with Crippen LogP contribution in [0.25, 0.3) is 0 Å². The largest absolute Gasteiger partial charge is 0.493 e. The van der Waals surface area contributed by atoms with Gasteiger partial charge in [0.2, 0.25) is 0 Å². The Bertz CT molecular complexity index is 759. The van der Waals surface area contributed by atoms with Crippen molar-refractivity contribution in [1.29, 1.82) is 5.26 Å². The van der Waals surface area contributed by atoms with Crippen LogP contribution in [-0.4, -0.2) is 14.2 Å². The van der Waals surface area contributed by atoms with E-state index in [9.17, 15) is 4.39 Å². The van der Waals surface area contributed by atoms with Gasteiger partial charge in [0, 0.05) is 17.3 Å². The summed E-state index contributed by atoms with van der Waals surface area (Å²) in [6.07, 6.45) is 0. The highest BCUT2D eigenvalue weighted by molar-refractivity contribution is 6.32. The Morgan fingerprint density at radius 1 is 1.17 bits per heavy atom. The van der Waals surface area contributed by atoms with Crippen molar-refractivity contribution in [2.75, 3.05) is 19.5 Å². The highest BCUT2D eigenvalue weighted by atomic mass is 35.5. The van der Waals surface area contributed by atoms with Crippen molar-refractivity contribution in [3.63, 3.8) is 0 Å². The van der Waals surface area contributed by atoms with Gasteiger partial charge in [-0.1, -0.05) is 11.6 Å². The zero-order chi connectivity index (χ0) is 17.0. The van der Waals surface area contributed by atoms with Crippen LogP contribution in [0.15, 0.2) is 30.3 Å². The van der Waals surface area contributed by atoms with Crippen molar-refractivity contribution in [2.45, 2.75) is 13.0 Å². The van der Waals surface area contributed by atoms with Gasteiger partial charge in [0.05, 0.1) is 30.8 Å². The molecule has 0 saturated heterocycles. The standard InChI is InChI=1S/C17H16ClFN2O2/c1-10(21-12-5-4-11(9-20)14(18)6-12)13-7-16(22-2)17(23-3)8-15(13)19/h4-8,10,21H,1-3H3. The van der Waals surface area contributed by atoms with E-state index in [0.717, 1.165) is 0 Å². The molecule has 0 radical (unpaired) electrons. The molecule has 1 N–H and O–H groups in total. The van der Waals surface area contributed by atoms with Gasteiger partial charge in [-0.3, -0.25) is 0 Å². The third kappa shape index (κ3) is 3.66. The zero-order valence-corrected chi connectivity index (χ0v) is 13.7. The number of nitriles is 1. The summed E-state index contributed by atoms with van der Waals surface area (Å²) in [7, 11) is 2.95. The number of nitrogens with one attached hydrogen (secondary N) is 1. The number of hydrogen-bond acceptors (Lipinski definition) is 4. The molecule has 0 aromatic heterocycles. The van der Waals surface area contributed by atoms with E-state index in [1.54, 1.807) is 24.3 Å². The Labute approximate surface area is 139 Å². The summed E-state index contributed by atoms with van der Waals surface area (Å²) in [6, 6.07) is 9.51. The highest BCUT2D eigenvalue weighted by Crippen LogP contribution is 2.33. The number of ether oxygens (including phenoxy) is 2. The number of anilines is 1. The smallest absolute Gasteiger partial charge is 0.163 e. The van der Waals surface area contributed by atoms with Crippen molar-refractivity contribution in [3.05, 3.63) is 52.3 Å². The molecule has 2 rings (SSSR count). The fourth-order valence-electron chi connectivity index (χ4n) is 2.23. The van der Waals surface area contributed by atoms with E-state index >= 15 is 0 Å². The summed E-state index contributed by atoms with van der Waals surface area (Å²) < 4.78 is 24.5. The van der Waals surface area contributed by atoms with Crippen LogP contribution < -0.4 is 14.8 Å². The quantitative estimate of drug-likeness (QED) is 0.872. The minimum atomic E-state index is -0.401. The molecule has 4 nitrogen and oxygen atoms in total. The topological polar surface area (TPSA) is 54.3 Å². The van der Waals surface area contributed by atoms with Crippen LogP contribution in [0.2, 0.25) is 5.02 Å². The van der Waals surface area contributed by atoms with Crippen LogP contribution in [0.1, 0.15) is 24.1 Å². The number of methoxy groups -OCH3 is 2. The van der Waals surface area contributed by atoms with E-state index in [2.05, 4.69) is 5.32 Å². The Hall–Kier alpha value is -2.45. The van der Waals surface area contributed by atoms with Gasteiger partial charge >= 0.3 is 0 Å². The third-order valence-electron chi connectivity index (χ3n) is 3.44. The number of benzene rings is 2. The molecule has 0 bridgehead atoms. The molecule has 0 aliphatic carbocycles. The molecule has 0 aliphatic heterocycles. The fraction of sp³-hybridized carbons (Fsp3) is 0.235. The molecule has 1 unspecified atom stereocenters. The van der Waals surface area contributed by atoms with Crippen molar-refractivity contribution >= 4 is 17.3 Å². The first-order chi connectivity index (χ1) is 11.0. The van der Waals surface area contributed by atoms with Gasteiger partial charge in [0.1, 0.15) is 11.9 Å². The van der Waals surface area contributed by atoms with E-state index in [-0.39, 0.29) is 6.04 Å². The van der Waals surface area contributed by atoms with E-state index in [0.29, 0.717) is 33.3 Å². The molecule has 0 spiro atoms. The van der Waals surface area contributed by atoms with Gasteiger partial charge in [0.25, 0.3) is 0 Å². The first-order valence-electron chi connectivity index (χ1n) is 6.87. The van der Waals surface area contributed by atoms with Gasteiger partial charge in [-0.25, -0.2) is 4.39 Å². The summed E-state index contributed by atoms with van der Waals surface area (Å²) in [5.41, 5.74) is 1.51. The first kappa shape index (κ1) is 16.9. The molecule has 0 fully saturated rings. The zero-order valence-electron chi connectivity index (χ0n) is 13.0. The second kappa shape index (κ2) is 7.21. The molecular weight excluding hydrogens is 319 g/mol. The summed E-state index contributed by atoms with van der Waals surface area (Å²) >= 11 is 6.00. The van der Waals surface area contributed by atoms with Crippen molar-refractivity contribution < 1.29 is 13.9 Å². The molecule has 0 aliphatic rings. The summed E-state index contributed by atoms with van der Waals surface area (Å²) in [6.45, 7) is 1.82. The second-order valence-electron chi connectivity index (χ2n) is 4.90. The molecule has 23 heavy (non-hydrogen) atoms. The molecule has 6 heteroatoms. The maximum atomic E-state index is 14.3. The second-order valence-corrected chi connectivity index (χ2v) is 5.31. The average molecular weight is 335 g/mol. The van der Waals surface area contributed by atoms with Crippen LogP contribution >= 0.6 is 11.6 Å². The van der Waals surface area contributed by atoms with Crippen molar-refractivity contribution in [1.82, 2.24) is 0 Å². The van der Waals surface area contributed by atoms with Crippen LogP contribution in [0.4, 0.5) is 10.1 Å². The molecule has 2 aromatic rings. The monoisotopic (exact) mass is 334 g/mol. The minimum absolute atomic E-state index is 0.334. The Balaban J connectivity index is 2.29. The third-order valence-corrected chi connectivity index (χ3v) is 3.75. The van der Waals surface area contributed by atoms with Gasteiger partial charge in [-0.05, 0) is 31.2 Å². The maximum Gasteiger partial charge on any atom is 0.163 e. The Morgan fingerprint density at radius 2 is 1.83 bits per heavy atom. The molecular formula is C17H16ClFN2O2. The highest BCUT2D eigenvalue weighted by Gasteiger charge is 2.16. The lowest BCUT2D eigenvalue weighted by atomic mass is 10.1. The van der Waals surface area contributed by atoms with Crippen LogP contribution in [0.5, 0.6) is 11.5 Å². The van der Waals surface area contributed by atoms with Gasteiger partial charge in [-0.15, -0.1) is 0 Å². The van der Waals surface area contributed by atoms with Crippen molar-refractivity contribution in [3.8, 4) is 17.6 Å². The van der Waals surface area contributed by atoms with Crippen LogP contribution in [0, 0.1) is 17.1 Å². The van der Waals surface area contributed by atoms with E-state index in [1.807, 2.05) is 13.0 Å².